The van der Waals surface area contributed by atoms with E-state index in [9.17, 15) is 22.8 Å². The van der Waals surface area contributed by atoms with Crippen LogP contribution in [0.3, 0.4) is 0 Å². The Morgan fingerprint density at radius 1 is 1.24 bits per heavy atom. The van der Waals surface area contributed by atoms with Gasteiger partial charge in [-0.05, 0) is 12.5 Å². The van der Waals surface area contributed by atoms with Crippen LogP contribution in [-0.2, 0) is 25.7 Å². The molecule has 1 aromatic carbocycles. The highest BCUT2D eigenvalue weighted by molar-refractivity contribution is 5.79. The van der Waals surface area contributed by atoms with E-state index in [1.54, 1.807) is 30.3 Å². The van der Waals surface area contributed by atoms with Gasteiger partial charge in [-0.2, -0.15) is 13.2 Å². The number of nitrogens with two attached hydrogens (primary N) is 1. The number of esters is 2. The van der Waals surface area contributed by atoms with Gasteiger partial charge in [0.1, 0.15) is 18.8 Å². The molecule has 0 bridgehead atoms. The van der Waals surface area contributed by atoms with Crippen LogP contribution in [0.25, 0.3) is 0 Å². The van der Waals surface area contributed by atoms with E-state index < -0.39 is 30.3 Å². The predicted molar refractivity (Wildman–Crippen MR) is 65.8 cm³/mol. The summed E-state index contributed by atoms with van der Waals surface area (Å²) >= 11 is 0. The van der Waals surface area contributed by atoms with Gasteiger partial charge in [-0.3, -0.25) is 4.79 Å². The second-order valence-corrected chi connectivity index (χ2v) is 4.23. The Balaban J connectivity index is 2.48. The number of carbonyl (C=O) groups excluding carboxylic acids is 2. The lowest BCUT2D eigenvalue weighted by atomic mass is 10.2. The first-order chi connectivity index (χ1) is 9.71. The maximum absolute atomic E-state index is 12.0. The Kier molecular flexibility index (Phi) is 5.71. The highest BCUT2D eigenvalue weighted by atomic mass is 19.4. The standard InChI is InChI=1S/C13H14F3NO4/c1-8(21-12(19)13(14,15)16)10(17)11(18)20-7-9-5-3-2-4-6-9/h2-6,8,10H,7,17H2,1H3/t8-,10-/m0/s1. The van der Waals surface area contributed by atoms with Gasteiger partial charge in [0.25, 0.3) is 0 Å². The first kappa shape index (κ1) is 17.0. The summed E-state index contributed by atoms with van der Waals surface area (Å²) in [5.41, 5.74) is 6.09. The summed E-state index contributed by atoms with van der Waals surface area (Å²) in [6.07, 6.45) is -6.59. The molecule has 116 valence electrons. The van der Waals surface area contributed by atoms with E-state index in [-0.39, 0.29) is 6.61 Å². The zero-order valence-corrected chi connectivity index (χ0v) is 11.1. The minimum absolute atomic E-state index is 0.0761. The molecule has 0 saturated carbocycles. The molecule has 0 heterocycles. The summed E-state index contributed by atoms with van der Waals surface area (Å²) in [7, 11) is 0. The van der Waals surface area contributed by atoms with Crippen LogP contribution in [0.4, 0.5) is 13.2 Å². The molecule has 0 aliphatic heterocycles. The average molecular weight is 305 g/mol. The van der Waals surface area contributed by atoms with E-state index in [0.717, 1.165) is 6.92 Å². The van der Waals surface area contributed by atoms with Gasteiger partial charge in [0, 0.05) is 0 Å². The molecule has 2 N–H and O–H groups in total. The van der Waals surface area contributed by atoms with Crippen LogP contribution in [0, 0.1) is 0 Å². The molecule has 0 aliphatic rings. The molecule has 0 fully saturated rings. The van der Waals surface area contributed by atoms with Crippen LogP contribution < -0.4 is 5.73 Å². The van der Waals surface area contributed by atoms with Crippen LogP contribution >= 0.6 is 0 Å². The van der Waals surface area contributed by atoms with Gasteiger partial charge in [0.2, 0.25) is 0 Å². The van der Waals surface area contributed by atoms with E-state index in [1.807, 2.05) is 0 Å². The monoisotopic (exact) mass is 305 g/mol. The number of ether oxygens (including phenoxy) is 2. The van der Waals surface area contributed by atoms with E-state index in [4.69, 9.17) is 10.5 Å². The minimum atomic E-state index is -5.14. The smallest absolute Gasteiger partial charge is 0.460 e. The van der Waals surface area contributed by atoms with E-state index in [2.05, 4.69) is 4.74 Å². The molecule has 0 spiro atoms. The van der Waals surface area contributed by atoms with Gasteiger partial charge in [-0.25, -0.2) is 4.79 Å². The molecule has 0 aromatic heterocycles. The van der Waals surface area contributed by atoms with Crippen molar-refractivity contribution >= 4 is 11.9 Å². The van der Waals surface area contributed by atoms with Crippen molar-refractivity contribution in [3.8, 4) is 0 Å². The van der Waals surface area contributed by atoms with Crippen LogP contribution in [0.5, 0.6) is 0 Å². The van der Waals surface area contributed by atoms with Crippen LogP contribution in [0.1, 0.15) is 12.5 Å². The molecule has 1 rings (SSSR count). The van der Waals surface area contributed by atoms with Crippen molar-refractivity contribution in [1.82, 2.24) is 0 Å². The molecule has 8 heteroatoms. The fourth-order valence-electron chi connectivity index (χ4n) is 1.33. The lowest BCUT2D eigenvalue weighted by molar-refractivity contribution is -0.205. The van der Waals surface area contributed by atoms with Gasteiger partial charge in [-0.15, -0.1) is 0 Å². The maximum atomic E-state index is 12.0. The molecular formula is C13H14F3NO4. The highest BCUT2D eigenvalue weighted by Gasteiger charge is 2.43. The molecule has 2 atom stereocenters. The molecule has 0 aliphatic carbocycles. The summed E-state index contributed by atoms with van der Waals surface area (Å²) in [5, 5.41) is 0. The summed E-state index contributed by atoms with van der Waals surface area (Å²) in [5.74, 6) is -3.36. The van der Waals surface area contributed by atoms with Gasteiger partial charge < -0.3 is 15.2 Å². The Morgan fingerprint density at radius 3 is 2.33 bits per heavy atom. The van der Waals surface area contributed by atoms with E-state index in [0.29, 0.717) is 5.56 Å². The molecule has 0 unspecified atom stereocenters. The van der Waals surface area contributed by atoms with E-state index in [1.165, 1.54) is 0 Å². The molecule has 0 saturated heterocycles. The average Bonchev–Trinajstić information content (AvgIpc) is 2.43. The largest absolute Gasteiger partial charge is 0.490 e. The van der Waals surface area contributed by atoms with Crippen molar-refractivity contribution < 1.29 is 32.2 Å². The lowest BCUT2D eigenvalue weighted by Gasteiger charge is -2.19. The van der Waals surface area contributed by atoms with E-state index >= 15 is 0 Å². The molecule has 0 amide bonds. The topological polar surface area (TPSA) is 78.6 Å². The lowest BCUT2D eigenvalue weighted by Crippen LogP contribution is -2.45. The fourth-order valence-corrected chi connectivity index (χ4v) is 1.33. The third-order valence-electron chi connectivity index (χ3n) is 2.53. The maximum Gasteiger partial charge on any atom is 0.490 e. The van der Waals surface area contributed by atoms with Crippen molar-refractivity contribution in [3.05, 3.63) is 35.9 Å². The second-order valence-electron chi connectivity index (χ2n) is 4.23. The molecule has 0 radical (unpaired) electrons. The minimum Gasteiger partial charge on any atom is -0.460 e. The van der Waals surface area contributed by atoms with Crippen LogP contribution in [-0.4, -0.2) is 30.3 Å². The Bertz CT molecular complexity index is 490. The third kappa shape index (κ3) is 5.42. The van der Waals surface area contributed by atoms with Gasteiger partial charge in [-0.1, -0.05) is 30.3 Å². The SMILES string of the molecule is C[C@H](OC(=O)C(F)(F)F)[C@H](N)C(=O)OCc1ccccc1. The van der Waals surface area contributed by atoms with Gasteiger partial charge >= 0.3 is 18.1 Å². The molecular weight excluding hydrogens is 291 g/mol. The van der Waals surface area contributed by atoms with Crippen LogP contribution in [0.15, 0.2) is 30.3 Å². The quantitative estimate of drug-likeness (QED) is 0.835. The molecule has 1 aromatic rings. The number of hydrogen-bond donors (Lipinski definition) is 1. The Labute approximate surface area is 118 Å². The summed E-state index contributed by atoms with van der Waals surface area (Å²) in [4.78, 5) is 22.2. The van der Waals surface area contributed by atoms with Crippen molar-refractivity contribution in [1.29, 1.82) is 0 Å². The summed E-state index contributed by atoms with van der Waals surface area (Å²) < 4.78 is 44.9. The molecule has 21 heavy (non-hydrogen) atoms. The predicted octanol–water partition coefficient (Wildman–Crippen LogP) is 1.55. The van der Waals surface area contributed by atoms with Gasteiger partial charge in [0.15, 0.2) is 0 Å². The number of rotatable bonds is 5. The number of hydrogen-bond acceptors (Lipinski definition) is 5. The number of benzene rings is 1. The number of carbonyl (C=O) groups is 2. The highest BCUT2D eigenvalue weighted by Crippen LogP contribution is 2.18. The van der Waals surface area contributed by atoms with Crippen molar-refractivity contribution in [2.75, 3.05) is 0 Å². The summed E-state index contributed by atoms with van der Waals surface area (Å²) in [6, 6.07) is 7.14. The second kappa shape index (κ2) is 7.07. The zero-order valence-electron chi connectivity index (χ0n) is 11.1. The third-order valence-corrected chi connectivity index (χ3v) is 2.53. The van der Waals surface area contributed by atoms with Crippen molar-refractivity contribution in [3.63, 3.8) is 0 Å². The number of alkyl halides is 3. The Hall–Kier alpha value is -2.09. The van der Waals surface area contributed by atoms with Crippen LogP contribution in [0.2, 0.25) is 0 Å². The molecule has 5 nitrogen and oxygen atoms in total. The Morgan fingerprint density at radius 2 is 1.81 bits per heavy atom. The van der Waals surface area contributed by atoms with Gasteiger partial charge in [0.05, 0.1) is 0 Å². The fraction of sp³-hybridized carbons (Fsp3) is 0.385. The zero-order chi connectivity index (χ0) is 16.0. The first-order valence-corrected chi connectivity index (χ1v) is 5.95. The van der Waals surface area contributed by atoms with Crippen molar-refractivity contribution in [2.45, 2.75) is 31.9 Å². The van der Waals surface area contributed by atoms with Crippen molar-refractivity contribution in [2.24, 2.45) is 5.73 Å². The summed E-state index contributed by atoms with van der Waals surface area (Å²) in [6.45, 7) is 1.01. The normalized spacial score (nSPS) is 14.1. The number of halogens is 3. The first-order valence-electron chi connectivity index (χ1n) is 5.95.